The average molecular weight is 489 g/mol. The van der Waals surface area contributed by atoms with Gasteiger partial charge in [0.15, 0.2) is 5.96 Å². The van der Waals surface area contributed by atoms with Gasteiger partial charge in [0.2, 0.25) is 5.91 Å². The van der Waals surface area contributed by atoms with Gasteiger partial charge in [0.1, 0.15) is 12.3 Å². The van der Waals surface area contributed by atoms with Gasteiger partial charge in [-0.3, -0.25) is 9.69 Å². The largest absolute Gasteiger partial charge is 0.468 e. The molecule has 0 saturated carbocycles. The van der Waals surface area contributed by atoms with E-state index in [4.69, 9.17) is 4.42 Å². The molecule has 8 heteroatoms. The molecule has 3 heterocycles. The van der Waals surface area contributed by atoms with E-state index in [1.807, 2.05) is 24.0 Å². The van der Waals surface area contributed by atoms with E-state index in [2.05, 4.69) is 20.5 Å². The van der Waals surface area contributed by atoms with Crippen molar-refractivity contribution in [1.82, 2.24) is 20.4 Å². The standard InChI is InChI=1S/C19H31N5O2.HI/c1-2-20-19(22-15-18(25)24-11-5-6-12-24)21-14-16(17-8-7-13-26-17)23-9-3-4-10-23;/h7-8,13,16H,2-6,9-12,14-15H2,1H3,(H2,20,21,22);1H. The van der Waals surface area contributed by atoms with Gasteiger partial charge in [-0.25, -0.2) is 4.99 Å². The van der Waals surface area contributed by atoms with Gasteiger partial charge < -0.3 is 20.0 Å². The molecule has 1 amide bonds. The van der Waals surface area contributed by atoms with Crippen LogP contribution in [-0.2, 0) is 4.79 Å². The van der Waals surface area contributed by atoms with Crippen LogP contribution in [0.15, 0.2) is 27.8 Å². The third-order valence-electron chi connectivity index (χ3n) is 5.09. The number of halogens is 1. The summed E-state index contributed by atoms with van der Waals surface area (Å²) in [5.41, 5.74) is 0. The molecular weight excluding hydrogens is 457 g/mol. The Balaban J connectivity index is 0.00000261. The molecule has 1 unspecified atom stereocenters. The topological polar surface area (TPSA) is 73.1 Å². The van der Waals surface area contributed by atoms with E-state index in [1.165, 1.54) is 12.8 Å². The average Bonchev–Trinajstić information content (AvgIpc) is 3.43. The van der Waals surface area contributed by atoms with Crippen LogP contribution in [0.2, 0.25) is 0 Å². The summed E-state index contributed by atoms with van der Waals surface area (Å²) in [6.45, 7) is 7.62. The number of amides is 1. The minimum absolute atomic E-state index is 0. The zero-order valence-electron chi connectivity index (χ0n) is 16.2. The lowest BCUT2D eigenvalue weighted by Crippen LogP contribution is -2.43. The Kier molecular flexibility index (Phi) is 9.40. The first-order valence-corrected chi connectivity index (χ1v) is 9.85. The van der Waals surface area contributed by atoms with Crippen molar-refractivity contribution < 1.29 is 9.21 Å². The van der Waals surface area contributed by atoms with Crippen LogP contribution in [0, 0.1) is 0 Å². The number of hydrogen-bond donors (Lipinski definition) is 2. The Bertz CT molecular complexity index is 581. The Morgan fingerprint density at radius 2 is 1.89 bits per heavy atom. The maximum Gasteiger partial charge on any atom is 0.244 e. The van der Waals surface area contributed by atoms with Crippen LogP contribution in [0.5, 0.6) is 0 Å². The number of hydrogen-bond acceptors (Lipinski definition) is 4. The van der Waals surface area contributed by atoms with Crippen LogP contribution >= 0.6 is 24.0 Å². The first kappa shape index (κ1) is 22.0. The summed E-state index contributed by atoms with van der Waals surface area (Å²) in [7, 11) is 0. The Morgan fingerprint density at radius 3 is 2.52 bits per heavy atom. The third-order valence-corrected chi connectivity index (χ3v) is 5.09. The molecule has 0 radical (unpaired) electrons. The SMILES string of the molecule is CCNC(=NCC(=O)N1CCCC1)NCC(c1ccco1)N1CCCC1.I. The lowest BCUT2D eigenvalue weighted by molar-refractivity contribution is -0.128. The summed E-state index contributed by atoms with van der Waals surface area (Å²) in [6.07, 6.45) is 6.40. The van der Waals surface area contributed by atoms with Gasteiger partial charge >= 0.3 is 0 Å². The number of furan rings is 1. The van der Waals surface area contributed by atoms with E-state index in [0.29, 0.717) is 12.5 Å². The molecule has 1 aromatic heterocycles. The molecule has 2 saturated heterocycles. The van der Waals surface area contributed by atoms with Crippen LogP contribution in [0.4, 0.5) is 0 Å². The molecule has 152 valence electrons. The fourth-order valence-corrected chi connectivity index (χ4v) is 3.69. The van der Waals surface area contributed by atoms with Gasteiger partial charge in [0.25, 0.3) is 0 Å². The van der Waals surface area contributed by atoms with Crippen LogP contribution in [0.25, 0.3) is 0 Å². The second-order valence-electron chi connectivity index (χ2n) is 6.94. The van der Waals surface area contributed by atoms with Crippen molar-refractivity contribution in [3.05, 3.63) is 24.2 Å². The molecular formula is C19H32IN5O2. The summed E-state index contributed by atoms with van der Waals surface area (Å²) in [6, 6.07) is 4.16. The summed E-state index contributed by atoms with van der Waals surface area (Å²) in [5.74, 6) is 1.78. The summed E-state index contributed by atoms with van der Waals surface area (Å²) in [5, 5.41) is 6.64. The molecule has 1 aromatic rings. The van der Waals surface area contributed by atoms with Crippen molar-refractivity contribution >= 4 is 35.8 Å². The maximum atomic E-state index is 12.2. The molecule has 2 aliphatic heterocycles. The van der Waals surface area contributed by atoms with Crippen LogP contribution in [0.1, 0.15) is 44.4 Å². The Hall–Kier alpha value is -1.29. The van der Waals surface area contributed by atoms with Crippen molar-refractivity contribution in [3.8, 4) is 0 Å². The van der Waals surface area contributed by atoms with Gasteiger partial charge in [0.05, 0.1) is 12.3 Å². The number of carbonyl (C=O) groups is 1. The quantitative estimate of drug-likeness (QED) is 0.349. The molecule has 7 nitrogen and oxygen atoms in total. The highest BCUT2D eigenvalue weighted by Crippen LogP contribution is 2.24. The van der Waals surface area contributed by atoms with E-state index in [0.717, 1.165) is 51.3 Å². The Labute approximate surface area is 179 Å². The second kappa shape index (κ2) is 11.5. The highest BCUT2D eigenvalue weighted by atomic mass is 127. The predicted molar refractivity (Wildman–Crippen MR) is 117 cm³/mol. The van der Waals surface area contributed by atoms with Crippen LogP contribution in [-0.4, -0.2) is 67.5 Å². The molecule has 0 spiro atoms. The van der Waals surface area contributed by atoms with Gasteiger partial charge in [-0.15, -0.1) is 24.0 Å². The number of rotatable bonds is 7. The van der Waals surface area contributed by atoms with E-state index >= 15 is 0 Å². The normalized spacial score (nSPS) is 19.0. The first-order valence-electron chi connectivity index (χ1n) is 9.85. The minimum Gasteiger partial charge on any atom is -0.468 e. The zero-order valence-corrected chi connectivity index (χ0v) is 18.5. The maximum absolute atomic E-state index is 12.2. The van der Waals surface area contributed by atoms with Gasteiger partial charge in [-0.1, -0.05) is 0 Å². The summed E-state index contributed by atoms with van der Waals surface area (Å²) >= 11 is 0. The fourth-order valence-electron chi connectivity index (χ4n) is 3.69. The number of nitrogens with one attached hydrogen (secondary N) is 2. The molecule has 27 heavy (non-hydrogen) atoms. The van der Waals surface area contributed by atoms with Gasteiger partial charge in [-0.05, 0) is 57.8 Å². The number of carbonyl (C=O) groups excluding carboxylic acids is 1. The third kappa shape index (κ3) is 6.38. The monoisotopic (exact) mass is 489 g/mol. The number of nitrogens with zero attached hydrogens (tertiary/aromatic N) is 3. The van der Waals surface area contributed by atoms with E-state index in [-0.39, 0.29) is 42.5 Å². The molecule has 3 rings (SSSR count). The van der Waals surface area contributed by atoms with Gasteiger partial charge in [0, 0.05) is 26.2 Å². The van der Waals surface area contributed by atoms with Crippen molar-refractivity contribution in [2.45, 2.75) is 38.6 Å². The molecule has 1 atom stereocenters. The lowest BCUT2D eigenvalue weighted by atomic mass is 10.2. The molecule has 0 aromatic carbocycles. The number of likely N-dealkylation sites (tertiary alicyclic amines) is 2. The summed E-state index contributed by atoms with van der Waals surface area (Å²) in [4.78, 5) is 21.1. The van der Waals surface area contributed by atoms with Crippen molar-refractivity contribution in [3.63, 3.8) is 0 Å². The zero-order chi connectivity index (χ0) is 18.2. The first-order chi connectivity index (χ1) is 12.8. The molecule has 2 aliphatic rings. The minimum atomic E-state index is 0. The van der Waals surface area contributed by atoms with Crippen molar-refractivity contribution in [2.24, 2.45) is 4.99 Å². The highest BCUT2D eigenvalue weighted by molar-refractivity contribution is 14.0. The second-order valence-corrected chi connectivity index (χ2v) is 6.94. The highest BCUT2D eigenvalue weighted by Gasteiger charge is 2.25. The van der Waals surface area contributed by atoms with Crippen molar-refractivity contribution in [2.75, 3.05) is 45.8 Å². The number of aliphatic imine (C=N–C) groups is 1. The van der Waals surface area contributed by atoms with Gasteiger partial charge in [-0.2, -0.15) is 0 Å². The lowest BCUT2D eigenvalue weighted by Gasteiger charge is -2.26. The smallest absolute Gasteiger partial charge is 0.244 e. The van der Waals surface area contributed by atoms with Crippen LogP contribution < -0.4 is 10.6 Å². The van der Waals surface area contributed by atoms with E-state index in [1.54, 1.807) is 6.26 Å². The van der Waals surface area contributed by atoms with Crippen LogP contribution in [0.3, 0.4) is 0 Å². The molecule has 2 N–H and O–H groups in total. The molecule has 0 bridgehead atoms. The summed E-state index contributed by atoms with van der Waals surface area (Å²) < 4.78 is 5.66. The van der Waals surface area contributed by atoms with E-state index < -0.39 is 0 Å². The predicted octanol–water partition coefficient (Wildman–Crippen LogP) is 2.21. The fraction of sp³-hybridized carbons (Fsp3) is 0.684. The number of guanidine groups is 1. The van der Waals surface area contributed by atoms with Crippen molar-refractivity contribution in [1.29, 1.82) is 0 Å². The molecule has 0 aliphatic carbocycles. The molecule has 2 fully saturated rings. The van der Waals surface area contributed by atoms with E-state index in [9.17, 15) is 4.79 Å². The Morgan fingerprint density at radius 1 is 1.19 bits per heavy atom.